The lowest BCUT2D eigenvalue weighted by Crippen LogP contribution is -2.11. The number of carbonyl (C=O) groups is 3. The van der Waals surface area contributed by atoms with Gasteiger partial charge in [0.2, 0.25) is 5.78 Å². The van der Waals surface area contributed by atoms with E-state index in [1.54, 1.807) is 0 Å². The third-order valence-electron chi connectivity index (χ3n) is 3.21. The number of carboxylic acids is 1. The fourth-order valence-electron chi connectivity index (χ4n) is 2.03. The second kappa shape index (κ2) is 13.2. The van der Waals surface area contributed by atoms with Gasteiger partial charge in [0.05, 0.1) is 0 Å². The zero-order chi connectivity index (χ0) is 14.3. The van der Waals surface area contributed by atoms with E-state index in [0.717, 1.165) is 38.4 Å². The Labute approximate surface area is 115 Å². The third kappa shape index (κ3) is 13.0. The molecule has 0 bridgehead atoms. The second-order valence-corrected chi connectivity index (χ2v) is 4.97. The molecule has 0 amide bonds. The van der Waals surface area contributed by atoms with Crippen molar-refractivity contribution in [3.63, 3.8) is 0 Å². The van der Waals surface area contributed by atoms with Gasteiger partial charge >= 0.3 is 5.97 Å². The summed E-state index contributed by atoms with van der Waals surface area (Å²) in [6, 6.07) is 0. The molecule has 0 fully saturated rings. The first-order chi connectivity index (χ1) is 9.18. The monoisotopic (exact) mass is 270 g/mol. The first kappa shape index (κ1) is 17.8. The summed E-state index contributed by atoms with van der Waals surface area (Å²) in [5.41, 5.74) is 0. The summed E-state index contributed by atoms with van der Waals surface area (Å²) < 4.78 is 0. The SMILES string of the molecule is O=CCCCCCCCCCCCCC(=O)C(=O)O. The van der Waals surface area contributed by atoms with Gasteiger partial charge in [-0.25, -0.2) is 4.79 Å². The lowest BCUT2D eigenvalue weighted by atomic mass is 10.0. The molecule has 0 saturated carbocycles. The molecule has 0 heterocycles. The summed E-state index contributed by atoms with van der Waals surface area (Å²) in [4.78, 5) is 31.2. The number of aldehydes is 1. The van der Waals surface area contributed by atoms with Crippen molar-refractivity contribution in [2.75, 3.05) is 0 Å². The highest BCUT2D eigenvalue weighted by Crippen LogP contribution is 2.11. The highest BCUT2D eigenvalue weighted by atomic mass is 16.4. The quantitative estimate of drug-likeness (QED) is 0.298. The maximum atomic E-state index is 10.8. The van der Waals surface area contributed by atoms with Crippen LogP contribution in [0, 0.1) is 0 Å². The zero-order valence-corrected chi connectivity index (χ0v) is 11.7. The molecule has 0 rings (SSSR count). The van der Waals surface area contributed by atoms with Gasteiger partial charge in [0.15, 0.2) is 0 Å². The number of rotatable bonds is 14. The van der Waals surface area contributed by atoms with Gasteiger partial charge < -0.3 is 9.90 Å². The van der Waals surface area contributed by atoms with Gasteiger partial charge in [-0.3, -0.25) is 4.79 Å². The molecule has 0 aromatic carbocycles. The lowest BCUT2D eigenvalue weighted by molar-refractivity contribution is -0.149. The summed E-state index contributed by atoms with van der Waals surface area (Å²) >= 11 is 0. The Balaban J connectivity index is 3.09. The number of ketones is 1. The predicted octanol–water partition coefficient (Wildman–Crippen LogP) is 3.52. The number of hydrogen-bond acceptors (Lipinski definition) is 3. The van der Waals surface area contributed by atoms with Crippen molar-refractivity contribution >= 4 is 18.0 Å². The minimum Gasteiger partial charge on any atom is -0.476 e. The number of carboxylic acid groups (broad SMARTS) is 1. The molecule has 0 atom stereocenters. The number of aliphatic carboxylic acids is 1. The standard InChI is InChI=1S/C15H26O4/c16-13-11-9-7-5-3-1-2-4-6-8-10-12-14(17)15(18)19/h13H,1-12H2,(H,18,19). The Hall–Kier alpha value is -1.19. The molecule has 4 heteroatoms. The molecule has 0 aliphatic heterocycles. The largest absolute Gasteiger partial charge is 0.476 e. The Kier molecular flexibility index (Phi) is 12.4. The van der Waals surface area contributed by atoms with Crippen LogP contribution in [0.25, 0.3) is 0 Å². The van der Waals surface area contributed by atoms with Crippen LogP contribution in [-0.4, -0.2) is 23.1 Å². The molecule has 4 nitrogen and oxygen atoms in total. The first-order valence-electron chi connectivity index (χ1n) is 7.38. The Morgan fingerprint density at radius 2 is 1.16 bits per heavy atom. The highest BCUT2D eigenvalue weighted by molar-refractivity contribution is 6.32. The molecular formula is C15H26O4. The summed E-state index contributed by atoms with van der Waals surface area (Å²) in [5, 5.41) is 8.39. The van der Waals surface area contributed by atoms with Crippen molar-refractivity contribution in [1.29, 1.82) is 0 Å². The van der Waals surface area contributed by atoms with E-state index in [2.05, 4.69) is 0 Å². The van der Waals surface area contributed by atoms with Crippen molar-refractivity contribution in [1.82, 2.24) is 0 Å². The normalized spacial score (nSPS) is 10.3. The predicted molar refractivity (Wildman–Crippen MR) is 74.1 cm³/mol. The zero-order valence-electron chi connectivity index (χ0n) is 11.7. The molecule has 1 N–H and O–H groups in total. The number of unbranched alkanes of at least 4 members (excludes halogenated alkanes) is 10. The van der Waals surface area contributed by atoms with Gasteiger partial charge in [-0.2, -0.15) is 0 Å². The number of carbonyl (C=O) groups excluding carboxylic acids is 2. The van der Waals surface area contributed by atoms with E-state index in [0.29, 0.717) is 12.8 Å². The van der Waals surface area contributed by atoms with Gasteiger partial charge in [0, 0.05) is 12.8 Å². The van der Waals surface area contributed by atoms with Crippen LogP contribution in [0.4, 0.5) is 0 Å². The van der Waals surface area contributed by atoms with Gasteiger partial charge in [-0.15, -0.1) is 0 Å². The van der Waals surface area contributed by atoms with Crippen LogP contribution in [0.1, 0.15) is 77.0 Å². The van der Waals surface area contributed by atoms with Crippen molar-refractivity contribution in [3.05, 3.63) is 0 Å². The molecule has 0 aliphatic carbocycles. The molecule has 0 spiro atoms. The van der Waals surface area contributed by atoms with E-state index in [1.165, 1.54) is 25.7 Å². The maximum absolute atomic E-state index is 10.8. The maximum Gasteiger partial charge on any atom is 0.372 e. The second-order valence-electron chi connectivity index (χ2n) is 4.97. The Bertz CT molecular complexity index is 261. The van der Waals surface area contributed by atoms with Crippen LogP contribution < -0.4 is 0 Å². The molecular weight excluding hydrogens is 244 g/mol. The van der Waals surface area contributed by atoms with E-state index in [-0.39, 0.29) is 6.42 Å². The van der Waals surface area contributed by atoms with Crippen molar-refractivity contribution in [2.24, 2.45) is 0 Å². The van der Waals surface area contributed by atoms with Crippen LogP contribution >= 0.6 is 0 Å². The van der Waals surface area contributed by atoms with Gasteiger partial charge in [0.1, 0.15) is 6.29 Å². The summed E-state index contributed by atoms with van der Waals surface area (Å²) in [5.74, 6) is -1.98. The number of hydrogen-bond donors (Lipinski definition) is 1. The van der Waals surface area contributed by atoms with E-state index in [4.69, 9.17) is 5.11 Å². The average Bonchev–Trinajstić information content (AvgIpc) is 2.39. The summed E-state index contributed by atoms with van der Waals surface area (Å²) in [6.45, 7) is 0. The molecule has 0 aliphatic rings. The van der Waals surface area contributed by atoms with Crippen molar-refractivity contribution < 1.29 is 19.5 Å². The van der Waals surface area contributed by atoms with Gasteiger partial charge in [-0.1, -0.05) is 51.4 Å². The lowest BCUT2D eigenvalue weighted by Gasteiger charge is -2.01. The van der Waals surface area contributed by atoms with Crippen LogP contribution in [0.15, 0.2) is 0 Å². The van der Waals surface area contributed by atoms with E-state index in [1.807, 2.05) is 0 Å². The van der Waals surface area contributed by atoms with E-state index < -0.39 is 11.8 Å². The topological polar surface area (TPSA) is 71.4 Å². The molecule has 110 valence electrons. The first-order valence-corrected chi connectivity index (χ1v) is 7.38. The molecule has 0 unspecified atom stereocenters. The summed E-state index contributed by atoms with van der Waals surface area (Å²) in [7, 11) is 0. The van der Waals surface area contributed by atoms with Gasteiger partial charge in [0.25, 0.3) is 0 Å². The smallest absolute Gasteiger partial charge is 0.372 e. The Morgan fingerprint density at radius 3 is 1.58 bits per heavy atom. The fraction of sp³-hybridized carbons (Fsp3) is 0.800. The van der Waals surface area contributed by atoms with Crippen molar-refractivity contribution in [3.8, 4) is 0 Å². The minimum absolute atomic E-state index is 0.173. The Morgan fingerprint density at radius 1 is 0.737 bits per heavy atom. The van der Waals surface area contributed by atoms with E-state index >= 15 is 0 Å². The van der Waals surface area contributed by atoms with Gasteiger partial charge in [-0.05, 0) is 12.8 Å². The van der Waals surface area contributed by atoms with E-state index in [9.17, 15) is 14.4 Å². The highest BCUT2D eigenvalue weighted by Gasteiger charge is 2.09. The van der Waals surface area contributed by atoms with Crippen LogP contribution in [0.2, 0.25) is 0 Å². The van der Waals surface area contributed by atoms with Crippen LogP contribution in [0.5, 0.6) is 0 Å². The fourth-order valence-corrected chi connectivity index (χ4v) is 2.03. The third-order valence-corrected chi connectivity index (χ3v) is 3.21. The molecule has 0 saturated heterocycles. The molecule has 0 aromatic rings. The van der Waals surface area contributed by atoms with Crippen LogP contribution in [0.3, 0.4) is 0 Å². The number of Topliss-reactive ketones (excluding diaryl/α,β-unsaturated/α-hetero) is 1. The van der Waals surface area contributed by atoms with Crippen molar-refractivity contribution in [2.45, 2.75) is 77.0 Å². The molecule has 0 radical (unpaired) electrons. The summed E-state index contributed by atoms with van der Waals surface area (Å²) in [6.07, 6.45) is 12.8. The molecule has 19 heavy (non-hydrogen) atoms. The average molecular weight is 270 g/mol. The minimum atomic E-state index is -1.31. The molecule has 0 aromatic heterocycles. The van der Waals surface area contributed by atoms with Crippen LogP contribution in [-0.2, 0) is 14.4 Å².